The lowest BCUT2D eigenvalue weighted by molar-refractivity contribution is -0.117. The van der Waals surface area contributed by atoms with Crippen LogP contribution in [0.4, 0.5) is 11.4 Å². The molecule has 0 unspecified atom stereocenters. The molecule has 1 aromatic carbocycles. The number of aliphatic imine (C=N–C) groups is 1. The van der Waals surface area contributed by atoms with Crippen LogP contribution in [0.3, 0.4) is 0 Å². The van der Waals surface area contributed by atoms with Gasteiger partial charge in [0.15, 0.2) is 0 Å². The number of allylic oxidation sites excluding steroid dienone is 1. The van der Waals surface area contributed by atoms with E-state index in [0.717, 1.165) is 31.5 Å². The summed E-state index contributed by atoms with van der Waals surface area (Å²) in [6.45, 7) is 4.82. The van der Waals surface area contributed by atoms with E-state index in [1.54, 1.807) is 6.07 Å². The maximum atomic E-state index is 13.0. The largest absolute Gasteiger partial charge is 0.383 e. The number of carbonyl (C=O) groups excluding carboxylic acids is 2. The van der Waals surface area contributed by atoms with E-state index in [9.17, 15) is 9.59 Å². The number of thioether (sulfide) groups is 1. The van der Waals surface area contributed by atoms with Crippen LogP contribution in [0.1, 0.15) is 62.7 Å². The molecule has 1 fully saturated rings. The van der Waals surface area contributed by atoms with Crippen molar-refractivity contribution in [1.29, 1.82) is 0 Å². The average Bonchev–Trinajstić information content (AvgIpc) is 2.78. The quantitative estimate of drug-likeness (QED) is 0.407. The smallest absolute Gasteiger partial charge is 0.253 e. The zero-order valence-corrected chi connectivity index (χ0v) is 19.1. The molecular formula is C23H34N4O2S. The topological polar surface area (TPSA) is 73.8 Å². The van der Waals surface area contributed by atoms with Crippen molar-refractivity contribution in [3.05, 3.63) is 35.2 Å². The Kier molecular flexibility index (Phi) is 10.5. The van der Waals surface area contributed by atoms with Crippen molar-refractivity contribution in [2.75, 3.05) is 24.7 Å². The number of rotatable bonds is 10. The zero-order valence-electron chi connectivity index (χ0n) is 18.3. The zero-order chi connectivity index (χ0) is 21.8. The van der Waals surface area contributed by atoms with E-state index in [-0.39, 0.29) is 11.8 Å². The first-order valence-corrected chi connectivity index (χ1v) is 11.8. The van der Waals surface area contributed by atoms with Gasteiger partial charge >= 0.3 is 0 Å². The van der Waals surface area contributed by atoms with Crippen molar-refractivity contribution in [2.45, 2.75) is 58.4 Å². The van der Waals surface area contributed by atoms with Crippen LogP contribution in [0.25, 0.3) is 0 Å². The Bertz CT molecular complexity index is 758. The van der Waals surface area contributed by atoms with Crippen LogP contribution in [0, 0.1) is 0 Å². The minimum atomic E-state index is -0.116. The Morgan fingerprint density at radius 1 is 1.27 bits per heavy atom. The first-order chi connectivity index (χ1) is 14.6. The number of hydrogen-bond donors (Lipinski definition) is 2. The second-order valence-electron chi connectivity index (χ2n) is 7.47. The summed E-state index contributed by atoms with van der Waals surface area (Å²) in [7, 11) is 1.90. The summed E-state index contributed by atoms with van der Waals surface area (Å²) in [4.78, 5) is 31.2. The van der Waals surface area contributed by atoms with Crippen LogP contribution in [0.2, 0.25) is 0 Å². The molecule has 1 saturated carbocycles. The molecule has 0 aliphatic heterocycles. The number of amides is 2. The van der Waals surface area contributed by atoms with Gasteiger partial charge in [-0.2, -0.15) is 0 Å². The lowest BCUT2D eigenvalue weighted by Gasteiger charge is -2.31. The Balaban J connectivity index is 2.12. The Morgan fingerprint density at radius 2 is 2.03 bits per heavy atom. The molecule has 6 nitrogen and oxygen atoms in total. The number of anilines is 1. The second kappa shape index (κ2) is 13.1. The minimum Gasteiger partial charge on any atom is -0.383 e. The number of nitrogens with zero attached hydrogens (tertiary/aromatic N) is 2. The lowest BCUT2D eigenvalue weighted by Crippen LogP contribution is -2.38. The highest BCUT2D eigenvalue weighted by Gasteiger charge is 2.23. The molecule has 30 heavy (non-hydrogen) atoms. The van der Waals surface area contributed by atoms with Crippen molar-refractivity contribution in [3.8, 4) is 0 Å². The van der Waals surface area contributed by atoms with Crippen molar-refractivity contribution >= 4 is 41.3 Å². The molecule has 0 spiro atoms. The molecular weight excluding hydrogens is 396 g/mol. The Morgan fingerprint density at radius 3 is 2.73 bits per heavy atom. The molecule has 0 aromatic heterocycles. The standard InChI is InChI=1S/C23H34N4O2S/c1-4-13-24-20-12-11-18(23(29)27(3)19-9-7-6-8-10-19)15-21(20)25-17-26-22(28)16-30-14-5-2/h5,11-12,14-15,17,19,24H,4,6-10,13,16H2,1-3H3,(H,25,26,28)/b14-5-. The molecule has 1 aliphatic rings. The van der Waals surface area contributed by atoms with Crippen molar-refractivity contribution in [3.63, 3.8) is 0 Å². The van der Waals surface area contributed by atoms with E-state index >= 15 is 0 Å². The van der Waals surface area contributed by atoms with Gasteiger partial charge in [0.05, 0.1) is 23.5 Å². The van der Waals surface area contributed by atoms with E-state index in [1.165, 1.54) is 37.4 Å². The third kappa shape index (κ3) is 7.52. The molecule has 1 aliphatic carbocycles. The predicted molar refractivity (Wildman–Crippen MR) is 128 cm³/mol. The fourth-order valence-electron chi connectivity index (χ4n) is 3.45. The Hall–Kier alpha value is -2.28. The average molecular weight is 431 g/mol. The summed E-state index contributed by atoms with van der Waals surface area (Å²) < 4.78 is 0. The molecule has 164 valence electrons. The number of benzene rings is 1. The number of carbonyl (C=O) groups is 2. The molecule has 0 saturated heterocycles. The lowest BCUT2D eigenvalue weighted by atomic mass is 9.94. The van der Waals surface area contributed by atoms with Crippen molar-refractivity contribution in [2.24, 2.45) is 4.99 Å². The predicted octanol–water partition coefficient (Wildman–Crippen LogP) is 4.96. The fourth-order valence-corrected chi connectivity index (χ4v) is 3.98. The van der Waals surface area contributed by atoms with Gasteiger partial charge in [-0.05, 0) is 49.8 Å². The SMILES string of the molecule is C/C=C\SCC(=O)NC=Nc1cc(C(=O)N(C)C2CCCCC2)ccc1NCCC. The van der Waals surface area contributed by atoms with Crippen LogP contribution < -0.4 is 10.6 Å². The van der Waals surface area contributed by atoms with E-state index in [1.807, 2.05) is 42.5 Å². The van der Waals surface area contributed by atoms with Gasteiger partial charge in [0.2, 0.25) is 5.91 Å². The Labute approximate surface area is 184 Å². The number of hydrogen-bond acceptors (Lipinski definition) is 5. The van der Waals surface area contributed by atoms with Crippen molar-refractivity contribution in [1.82, 2.24) is 10.2 Å². The molecule has 1 aromatic rings. The van der Waals surface area contributed by atoms with E-state index < -0.39 is 0 Å². The molecule has 7 heteroatoms. The third-order valence-electron chi connectivity index (χ3n) is 5.13. The first-order valence-electron chi connectivity index (χ1n) is 10.8. The molecule has 2 N–H and O–H groups in total. The van der Waals surface area contributed by atoms with Crippen molar-refractivity contribution < 1.29 is 9.59 Å². The molecule has 0 heterocycles. The third-order valence-corrected chi connectivity index (χ3v) is 6.02. The summed E-state index contributed by atoms with van der Waals surface area (Å²) in [5.41, 5.74) is 2.11. The van der Waals surface area contributed by atoms with Gasteiger partial charge < -0.3 is 15.5 Å². The monoisotopic (exact) mass is 430 g/mol. The maximum absolute atomic E-state index is 13.0. The van der Waals surface area contributed by atoms with Gasteiger partial charge in [-0.1, -0.05) is 32.3 Å². The highest BCUT2D eigenvalue weighted by Crippen LogP contribution is 2.28. The van der Waals surface area contributed by atoms with Crippen LogP contribution in [-0.4, -0.2) is 48.4 Å². The molecule has 0 bridgehead atoms. The van der Waals surface area contributed by atoms with Gasteiger partial charge in [-0.15, -0.1) is 11.8 Å². The van der Waals surface area contributed by atoms with Gasteiger partial charge in [0, 0.05) is 25.2 Å². The van der Waals surface area contributed by atoms with Crippen LogP contribution >= 0.6 is 11.8 Å². The van der Waals surface area contributed by atoms with Gasteiger partial charge in [-0.25, -0.2) is 4.99 Å². The van der Waals surface area contributed by atoms with E-state index in [4.69, 9.17) is 0 Å². The fraction of sp³-hybridized carbons (Fsp3) is 0.522. The number of nitrogens with one attached hydrogen (secondary N) is 2. The minimum absolute atomic E-state index is 0.0205. The van der Waals surface area contributed by atoms with E-state index in [0.29, 0.717) is 23.0 Å². The summed E-state index contributed by atoms with van der Waals surface area (Å²) in [5, 5.41) is 7.90. The molecule has 0 atom stereocenters. The highest BCUT2D eigenvalue weighted by atomic mass is 32.2. The normalized spacial score (nSPS) is 14.9. The molecule has 2 rings (SSSR count). The van der Waals surface area contributed by atoms with Gasteiger partial charge in [0.25, 0.3) is 5.91 Å². The summed E-state index contributed by atoms with van der Waals surface area (Å²) in [5.74, 6) is 0.239. The summed E-state index contributed by atoms with van der Waals surface area (Å²) >= 11 is 1.43. The molecule has 0 radical (unpaired) electrons. The highest BCUT2D eigenvalue weighted by molar-refractivity contribution is 8.02. The second-order valence-corrected chi connectivity index (χ2v) is 8.37. The van der Waals surface area contributed by atoms with Crippen LogP contribution in [0.15, 0.2) is 34.7 Å². The van der Waals surface area contributed by atoms with E-state index in [2.05, 4.69) is 22.5 Å². The van der Waals surface area contributed by atoms with Gasteiger partial charge in [0.1, 0.15) is 0 Å². The summed E-state index contributed by atoms with van der Waals surface area (Å²) in [6, 6.07) is 5.86. The van der Waals surface area contributed by atoms with Crippen LogP contribution in [-0.2, 0) is 4.79 Å². The maximum Gasteiger partial charge on any atom is 0.253 e. The van der Waals surface area contributed by atoms with Gasteiger partial charge in [-0.3, -0.25) is 9.59 Å². The molecule has 2 amide bonds. The summed E-state index contributed by atoms with van der Waals surface area (Å²) in [6.07, 6.45) is 10.0. The first kappa shape index (κ1) is 24.0. The van der Waals surface area contributed by atoms with Crippen LogP contribution in [0.5, 0.6) is 0 Å².